The highest BCUT2D eigenvalue weighted by Gasteiger charge is 2.40. The van der Waals surface area contributed by atoms with Crippen molar-refractivity contribution in [2.24, 2.45) is 34.5 Å². The van der Waals surface area contributed by atoms with Gasteiger partial charge in [-0.2, -0.15) is 0 Å². The van der Waals surface area contributed by atoms with E-state index in [4.69, 9.17) is 37.9 Å². The first-order chi connectivity index (χ1) is 39.3. The third-order valence-electron chi connectivity index (χ3n) is 16.6. The van der Waals surface area contributed by atoms with Crippen LogP contribution in [0.15, 0.2) is 36.4 Å². The lowest BCUT2D eigenvalue weighted by Gasteiger charge is -2.22. The van der Waals surface area contributed by atoms with Crippen LogP contribution in [0.5, 0.6) is 46.0 Å². The Morgan fingerprint density at radius 1 is 0.476 bits per heavy atom. The smallest absolute Gasteiger partial charge is 0.181 e. The normalized spacial score (nSPS) is 16.2. The van der Waals surface area contributed by atoms with Gasteiger partial charge >= 0.3 is 0 Å². The Labute approximate surface area is 509 Å². The predicted octanol–water partition coefficient (Wildman–Crippen LogP) is 22.0. The zero-order chi connectivity index (χ0) is 59.2. The SMILES string of the molecule is CCCCC(C)COc1ccc(CC)cc1-c1cc(-c2sc(-c3sc(-c4sc(C(C)(C)C)c5c4OCC(C)(C)CO5)c(OCC(CC)CCCC)c3OCC(CC)CCCC)c3c2OCC(C)(C)CO3)ccc1OCC(CC)CCCC. The van der Waals surface area contributed by atoms with Crippen molar-refractivity contribution in [2.45, 2.75) is 219 Å². The van der Waals surface area contributed by atoms with Crippen LogP contribution in [-0.2, 0) is 11.8 Å². The average Bonchev–Trinajstić information content (AvgIpc) is 3.88. The van der Waals surface area contributed by atoms with Gasteiger partial charge in [0.1, 0.15) is 11.5 Å². The lowest BCUT2D eigenvalue weighted by molar-refractivity contribution is 0.139. The number of ether oxygens (including phenoxy) is 8. The molecule has 0 fully saturated rings. The minimum atomic E-state index is -0.249. The Kier molecular flexibility index (Phi) is 24.2. The maximum absolute atomic E-state index is 7.44. The monoisotopic (exact) mass is 1180 g/mol. The van der Waals surface area contributed by atoms with E-state index in [0.29, 0.717) is 76.5 Å². The lowest BCUT2D eigenvalue weighted by atomic mass is 9.94. The van der Waals surface area contributed by atoms with Crippen LogP contribution in [0, 0.1) is 34.5 Å². The Bertz CT molecular complexity index is 2770. The topological polar surface area (TPSA) is 73.8 Å². The van der Waals surface area contributed by atoms with Crippen molar-refractivity contribution in [3.63, 3.8) is 0 Å². The van der Waals surface area contributed by atoms with Crippen molar-refractivity contribution in [1.29, 1.82) is 0 Å². The largest absolute Gasteiger partial charge is 0.493 e. The molecule has 2 aromatic carbocycles. The van der Waals surface area contributed by atoms with E-state index in [2.05, 4.69) is 147 Å². The number of fused-ring (bicyclic) bond motifs is 2. The zero-order valence-electron chi connectivity index (χ0n) is 53.7. The minimum absolute atomic E-state index is 0.175. The molecule has 0 aliphatic carbocycles. The molecule has 456 valence electrons. The molecule has 8 nitrogen and oxygen atoms in total. The molecule has 4 atom stereocenters. The molecule has 5 aromatic rings. The summed E-state index contributed by atoms with van der Waals surface area (Å²) in [4.78, 5) is 6.19. The van der Waals surface area contributed by atoms with Gasteiger partial charge in [-0.15, -0.1) is 34.0 Å². The molecule has 0 bridgehead atoms. The van der Waals surface area contributed by atoms with Crippen LogP contribution in [0.25, 0.3) is 41.1 Å². The fraction of sp³-hybridized carbons (Fsp3) is 0.662. The van der Waals surface area contributed by atoms with Gasteiger partial charge in [0.25, 0.3) is 0 Å². The number of hydrogen-bond donors (Lipinski definition) is 0. The van der Waals surface area contributed by atoms with E-state index in [1.54, 1.807) is 34.0 Å². The molecule has 0 spiro atoms. The number of unbranched alkanes of at least 4 members (excludes halogenated alkanes) is 4. The summed E-state index contributed by atoms with van der Waals surface area (Å²) in [5, 5.41) is 0. The molecular weight excluding hydrogens is 1080 g/mol. The van der Waals surface area contributed by atoms with Gasteiger partial charge in [0.2, 0.25) is 0 Å². The summed E-state index contributed by atoms with van der Waals surface area (Å²) in [5.41, 5.74) is 3.75. The molecule has 2 aliphatic heterocycles. The fourth-order valence-electron chi connectivity index (χ4n) is 10.7. The number of hydrogen-bond acceptors (Lipinski definition) is 11. The highest BCUT2D eigenvalue weighted by Crippen LogP contribution is 2.65. The molecule has 3 aromatic heterocycles. The van der Waals surface area contributed by atoms with Gasteiger partial charge in [-0.25, -0.2) is 0 Å². The lowest BCUT2D eigenvalue weighted by Crippen LogP contribution is -2.26. The molecule has 5 heterocycles. The predicted molar refractivity (Wildman–Crippen MR) is 350 cm³/mol. The van der Waals surface area contributed by atoms with Crippen LogP contribution in [-0.4, -0.2) is 52.9 Å². The van der Waals surface area contributed by atoms with Crippen molar-refractivity contribution >= 4 is 34.0 Å². The second-order valence-electron chi connectivity index (χ2n) is 26.6. The van der Waals surface area contributed by atoms with E-state index < -0.39 is 0 Å². The summed E-state index contributed by atoms with van der Waals surface area (Å²) in [7, 11) is 0. The van der Waals surface area contributed by atoms with Crippen LogP contribution in [0.1, 0.15) is 218 Å². The molecule has 0 saturated carbocycles. The van der Waals surface area contributed by atoms with E-state index in [9.17, 15) is 0 Å². The van der Waals surface area contributed by atoms with Crippen LogP contribution < -0.4 is 37.9 Å². The van der Waals surface area contributed by atoms with Crippen molar-refractivity contribution in [3.8, 4) is 87.1 Å². The minimum Gasteiger partial charge on any atom is -0.493 e. The standard InChI is InChI=1S/C71H106O8S3/c1-17-25-29-47(9)39-72-55-35-33-48(21-5)37-53(55)54-38-52(34-36-56(54)73-40-49(22-6)30-26-18-2)63-57-60(77-44-70(13,14)43-76-57)66(80-63)64-58(74-41-50(23-7)31-27-19-3)59(75-42-51(24-8)32-28-20-4)65(81-64)67-61-62(68(82-67)69(10,11)12)79-46-71(15,16)45-78-61/h33-38,47,49-51H,17-32,39-46H2,1-16H3. The zero-order valence-corrected chi connectivity index (χ0v) is 56.2. The molecule has 0 amide bonds. The van der Waals surface area contributed by atoms with Crippen molar-refractivity contribution in [3.05, 3.63) is 46.8 Å². The van der Waals surface area contributed by atoms with Gasteiger partial charge in [0.05, 0.1) is 82.1 Å². The molecule has 0 saturated heterocycles. The number of thiophene rings is 3. The fourth-order valence-corrected chi connectivity index (χ4v) is 14.6. The van der Waals surface area contributed by atoms with Crippen LogP contribution in [0.3, 0.4) is 0 Å². The first-order valence-corrected chi connectivity index (χ1v) is 34.6. The molecule has 82 heavy (non-hydrogen) atoms. The maximum atomic E-state index is 7.44. The summed E-state index contributed by atoms with van der Waals surface area (Å²) in [6, 6.07) is 13.5. The second kappa shape index (κ2) is 30.3. The van der Waals surface area contributed by atoms with Crippen molar-refractivity contribution in [1.82, 2.24) is 0 Å². The summed E-state index contributed by atoms with van der Waals surface area (Å²) in [6.45, 7) is 40.9. The van der Waals surface area contributed by atoms with Gasteiger partial charge in [0, 0.05) is 27.4 Å². The molecule has 11 heteroatoms. The summed E-state index contributed by atoms with van der Waals surface area (Å²) in [6.07, 6.45) is 17.9. The van der Waals surface area contributed by atoms with Gasteiger partial charge in [-0.05, 0) is 97.2 Å². The summed E-state index contributed by atoms with van der Waals surface area (Å²) >= 11 is 5.25. The molecular formula is C71H106O8S3. The van der Waals surface area contributed by atoms with Gasteiger partial charge in [-0.3, -0.25) is 0 Å². The Morgan fingerprint density at radius 3 is 1.38 bits per heavy atom. The van der Waals surface area contributed by atoms with Crippen LogP contribution in [0.4, 0.5) is 0 Å². The Morgan fingerprint density at radius 2 is 0.890 bits per heavy atom. The number of aryl methyl sites for hydroxylation is 1. The van der Waals surface area contributed by atoms with Crippen LogP contribution in [0.2, 0.25) is 0 Å². The molecule has 0 radical (unpaired) electrons. The summed E-state index contributed by atoms with van der Waals surface area (Å²) < 4.78 is 56.9. The van der Waals surface area contributed by atoms with E-state index in [0.717, 1.165) is 158 Å². The Balaban J connectivity index is 1.50. The third-order valence-corrected chi connectivity index (χ3v) is 20.8. The molecule has 7 rings (SSSR count). The van der Waals surface area contributed by atoms with Gasteiger partial charge in [-0.1, -0.05) is 187 Å². The molecule has 0 N–H and O–H groups in total. The van der Waals surface area contributed by atoms with Crippen molar-refractivity contribution < 1.29 is 37.9 Å². The molecule has 4 unspecified atom stereocenters. The van der Waals surface area contributed by atoms with Gasteiger partial charge < -0.3 is 37.9 Å². The average molecular weight is 1180 g/mol. The van der Waals surface area contributed by atoms with E-state index >= 15 is 0 Å². The number of rotatable bonds is 32. The maximum Gasteiger partial charge on any atom is 0.181 e. The first-order valence-electron chi connectivity index (χ1n) is 32.1. The quantitative estimate of drug-likeness (QED) is 0.0422. The van der Waals surface area contributed by atoms with Crippen molar-refractivity contribution in [2.75, 3.05) is 52.9 Å². The Hall–Kier alpha value is -4.06. The van der Waals surface area contributed by atoms with Gasteiger partial charge in [0.15, 0.2) is 34.5 Å². The highest BCUT2D eigenvalue weighted by molar-refractivity contribution is 7.28. The van der Waals surface area contributed by atoms with E-state index in [1.165, 1.54) is 42.5 Å². The third kappa shape index (κ3) is 16.7. The van der Waals surface area contributed by atoms with E-state index in [-0.39, 0.29) is 16.2 Å². The first kappa shape index (κ1) is 65.5. The molecule has 2 aliphatic rings. The highest BCUT2D eigenvalue weighted by atomic mass is 32.1. The summed E-state index contributed by atoms with van der Waals surface area (Å²) in [5.74, 6) is 8.18. The second-order valence-corrected chi connectivity index (χ2v) is 29.7. The van der Waals surface area contributed by atoms with E-state index in [1.807, 2.05) is 0 Å². The number of benzene rings is 2. The van der Waals surface area contributed by atoms with Crippen LogP contribution >= 0.6 is 34.0 Å².